The monoisotopic (exact) mass is 440 g/mol. The first-order valence-electron chi connectivity index (χ1n) is 9.22. The van der Waals surface area contributed by atoms with Crippen LogP contribution in [0.25, 0.3) is 11.6 Å². The Morgan fingerprint density at radius 2 is 1.90 bits per heavy atom. The summed E-state index contributed by atoms with van der Waals surface area (Å²) in [7, 11) is -3.90. The first-order chi connectivity index (χ1) is 14.7. The number of fused-ring (bicyclic) bond motifs is 1. The number of carbonyl (C=O) groups excluding carboxylic acids is 1. The van der Waals surface area contributed by atoms with E-state index in [1.165, 1.54) is 48.5 Å². The fraction of sp³-hybridized carbons (Fsp3) is 0.0909. The van der Waals surface area contributed by atoms with Crippen LogP contribution in [-0.4, -0.2) is 30.4 Å². The van der Waals surface area contributed by atoms with Crippen LogP contribution >= 0.6 is 0 Å². The highest BCUT2D eigenvalue weighted by Gasteiger charge is 2.28. The molecule has 0 saturated carbocycles. The fourth-order valence-corrected chi connectivity index (χ4v) is 4.84. The van der Waals surface area contributed by atoms with Crippen molar-refractivity contribution in [1.82, 2.24) is 4.98 Å². The van der Waals surface area contributed by atoms with Crippen LogP contribution in [0.3, 0.4) is 0 Å². The van der Waals surface area contributed by atoms with Crippen LogP contribution in [0, 0.1) is 12.7 Å². The van der Waals surface area contributed by atoms with Gasteiger partial charge < -0.3 is 15.4 Å². The predicted octanol–water partition coefficient (Wildman–Crippen LogP) is 3.63. The van der Waals surface area contributed by atoms with Gasteiger partial charge in [-0.15, -0.1) is 0 Å². The van der Waals surface area contributed by atoms with Gasteiger partial charge in [0.05, 0.1) is 27.5 Å². The average Bonchev–Trinajstić information content (AvgIpc) is 3.23. The highest BCUT2D eigenvalue weighted by Crippen LogP contribution is 2.36. The number of benzene rings is 2. The number of carboxylic acids is 1. The van der Waals surface area contributed by atoms with Crippen molar-refractivity contribution in [2.24, 2.45) is 0 Å². The quantitative estimate of drug-likeness (QED) is 0.524. The molecular weight excluding hydrogens is 423 g/mol. The number of carboxylic acid groups (broad SMARTS) is 1. The van der Waals surface area contributed by atoms with E-state index in [0.29, 0.717) is 16.9 Å². The van der Waals surface area contributed by atoms with Crippen molar-refractivity contribution < 1.29 is 27.5 Å². The topological polar surface area (TPSA) is 116 Å². The Morgan fingerprint density at radius 1 is 1.16 bits per heavy atom. The summed E-state index contributed by atoms with van der Waals surface area (Å²) >= 11 is 0. The Morgan fingerprint density at radius 3 is 2.61 bits per heavy atom. The maximum Gasteiger partial charge on any atom is 0.337 e. The molecule has 2 aromatic carbocycles. The molecule has 4 rings (SSSR count). The number of halogens is 1. The summed E-state index contributed by atoms with van der Waals surface area (Å²) in [5.41, 5.74) is 1.72. The molecule has 0 aliphatic carbocycles. The van der Waals surface area contributed by atoms with E-state index < -0.39 is 33.3 Å². The second kappa shape index (κ2) is 7.51. The molecule has 3 aromatic rings. The summed E-state index contributed by atoms with van der Waals surface area (Å²) in [6.07, 6.45) is 1.38. The maximum absolute atomic E-state index is 13.9. The number of anilines is 1. The van der Waals surface area contributed by atoms with Gasteiger partial charge in [-0.25, -0.2) is 17.6 Å². The standard InChI is InChI=1S/C22H17FN2O5S/c1-12-8-17(22(27)28)20(24-12)10-16-15-9-14(6-7-19(15)25-21(16)26)31(29,30)11-13-4-2-3-5-18(13)23/h2-10,24H,11H2,1H3,(H,25,26)(H,27,28)/b16-10-. The van der Waals surface area contributed by atoms with Gasteiger partial charge in [-0.05, 0) is 43.3 Å². The Bertz CT molecular complexity index is 1370. The number of aryl methyl sites for hydroxylation is 1. The fourth-order valence-electron chi connectivity index (χ4n) is 3.45. The molecule has 0 radical (unpaired) electrons. The van der Waals surface area contributed by atoms with Gasteiger partial charge in [0.15, 0.2) is 9.84 Å². The summed E-state index contributed by atoms with van der Waals surface area (Å²) in [5.74, 6) is -2.79. The summed E-state index contributed by atoms with van der Waals surface area (Å²) in [6, 6.07) is 11.2. The number of aromatic nitrogens is 1. The smallest absolute Gasteiger partial charge is 0.337 e. The van der Waals surface area contributed by atoms with Gasteiger partial charge in [0.2, 0.25) is 0 Å². The number of rotatable bonds is 5. The molecule has 2 heterocycles. The zero-order valence-corrected chi connectivity index (χ0v) is 17.1. The van der Waals surface area contributed by atoms with Gasteiger partial charge >= 0.3 is 5.97 Å². The van der Waals surface area contributed by atoms with Crippen LogP contribution in [0.2, 0.25) is 0 Å². The molecule has 31 heavy (non-hydrogen) atoms. The number of sulfone groups is 1. The number of carbonyl (C=O) groups is 2. The molecule has 0 spiro atoms. The summed E-state index contributed by atoms with van der Waals surface area (Å²) < 4.78 is 39.7. The van der Waals surface area contributed by atoms with E-state index >= 15 is 0 Å². The van der Waals surface area contributed by atoms with E-state index in [2.05, 4.69) is 10.3 Å². The van der Waals surface area contributed by atoms with Crippen molar-refractivity contribution in [2.75, 3.05) is 5.32 Å². The summed E-state index contributed by atoms with van der Waals surface area (Å²) in [6.45, 7) is 1.69. The van der Waals surface area contributed by atoms with Crippen LogP contribution < -0.4 is 5.32 Å². The molecule has 7 nitrogen and oxygen atoms in total. The number of amides is 1. The molecule has 3 N–H and O–H groups in total. The van der Waals surface area contributed by atoms with Gasteiger partial charge in [0.1, 0.15) is 5.82 Å². The molecule has 1 aliphatic heterocycles. The van der Waals surface area contributed by atoms with Gasteiger partial charge in [-0.3, -0.25) is 4.79 Å². The van der Waals surface area contributed by atoms with Crippen molar-refractivity contribution in [3.8, 4) is 0 Å². The second-order valence-corrected chi connectivity index (χ2v) is 9.14. The van der Waals surface area contributed by atoms with Crippen molar-refractivity contribution >= 4 is 39.1 Å². The van der Waals surface area contributed by atoms with E-state index in [1.54, 1.807) is 13.0 Å². The first-order valence-corrected chi connectivity index (χ1v) is 10.9. The van der Waals surface area contributed by atoms with Crippen molar-refractivity contribution in [3.63, 3.8) is 0 Å². The molecule has 0 saturated heterocycles. The van der Waals surface area contributed by atoms with Crippen LogP contribution in [-0.2, 0) is 20.4 Å². The number of hydrogen-bond donors (Lipinski definition) is 3. The molecule has 0 bridgehead atoms. The molecule has 0 unspecified atom stereocenters. The van der Waals surface area contributed by atoms with E-state index in [-0.39, 0.29) is 27.3 Å². The minimum Gasteiger partial charge on any atom is -0.478 e. The van der Waals surface area contributed by atoms with E-state index in [0.717, 1.165) is 0 Å². The SMILES string of the molecule is Cc1cc(C(=O)O)c(/C=C2\C(=O)Nc3ccc(S(=O)(=O)Cc4ccccc4F)cc32)[nH]1. The molecular formula is C22H17FN2O5S. The zero-order valence-electron chi connectivity index (χ0n) is 16.3. The molecule has 1 aliphatic rings. The number of hydrogen-bond acceptors (Lipinski definition) is 4. The van der Waals surface area contributed by atoms with Gasteiger partial charge in [0.25, 0.3) is 5.91 Å². The van der Waals surface area contributed by atoms with Gasteiger partial charge in [0, 0.05) is 22.5 Å². The summed E-state index contributed by atoms with van der Waals surface area (Å²) in [5, 5.41) is 12.0. The molecule has 0 fully saturated rings. The lowest BCUT2D eigenvalue weighted by Crippen LogP contribution is -2.06. The largest absolute Gasteiger partial charge is 0.478 e. The Balaban J connectivity index is 1.77. The molecule has 158 valence electrons. The molecule has 1 aromatic heterocycles. The highest BCUT2D eigenvalue weighted by molar-refractivity contribution is 7.90. The lowest BCUT2D eigenvalue weighted by atomic mass is 10.0. The third-order valence-corrected chi connectivity index (χ3v) is 6.60. The minimum atomic E-state index is -3.90. The van der Waals surface area contributed by atoms with E-state index in [4.69, 9.17) is 0 Å². The van der Waals surface area contributed by atoms with Crippen LogP contribution in [0.5, 0.6) is 0 Å². The highest BCUT2D eigenvalue weighted by atomic mass is 32.2. The Hall–Kier alpha value is -3.72. The predicted molar refractivity (Wildman–Crippen MR) is 113 cm³/mol. The number of aromatic carboxylic acids is 1. The van der Waals surface area contributed by atoms with Gasteiger partial charge in [-0.1, -0.05) is 18.2 Å². The van der Waals surface area contributed by atoms with Crippen LogP contribution in [0.4, 0.5) is 10.1 Å². The minimum absolute atomic E-state index is 0.00502. The number of aromatic amines is 1. The Labute approximate surface area is 177 Å². The number of nitrogens with one attached hydrogen (secondary N) is 2. The zero-order chi connectivity index (χ0) is 22.3. The third kappa shape index (κ3) is 3.87. The van der Waals surface area contributed by atoms with E-state index in [1.807, 2.05) is 0 Å². The summed E-state index contributed by atoms with van der Waals surface area (Å²) in [4.78, 5) is 26.8. The van der Waals surface area contributed by atoms with Crippen LogP contribution in [0.1, 0.15) is 32.9 Å². The number of H-pyrrole nitrogens is 1. The maximum atomic E-state index is 13.9. The average molecular weight is 440 g/mol. The van der Waals surface area contributed by atoms with Crippen molar-refractivity contribution in [1.29, 1.82) is 0 Å². The first kappa shape index (κ1) is 20.5. The normalized spacial score (nSPS) is 14.5. The van der Waals surface area contributed by atoms with Crippen molar-refractivity contribution in [2.45, 2.75) is 17.6 Å². The molecule has 1 amide bonds. The van der Waals surface area contributed by atoms with Gasteiger partial charge in [-0.2, -0.15) is 0 Å². The lowest BCUT2D eigenvalue weighted by molar-refractivity contribution is -0.110. The van der Waals surface area contributed by atoms with Crippen LogP contribution in [0.15, 0.2) is 53.4 Å². The molecule has 9 heteroatoms. The third-order valence-electron chi connectivity index (χ3n) is 4.94. The van der Waals surface area contributed by atoms with E-state index in [9.17, 15) is 27.5 Å². The second-order valence-electron chi connectivity index (χ2n) is 7.15. The van der Waals surface area contributed by atoms with Crippen molar-refractivity contribution in [3.05, 3.63) is 82.4 Å². The molecule has 0 atom stereocenters. The Kier molecular flexibility index (Phi) is 4.98. The lowest BCUT2D eigenvalue weighted by Gasteiger charge is -2.08.